The molecule has 0 heterocycles. The zero-order valence-corrected chi connectivity index (χ0v) is 3.63. The highest BCUT2D eigenvalue weighted by molar-refractivity contribution is 5.42. The Hall–Kier alpha value is -1.10. The average molecular weight is 108 g/mol. The topological polar surface area (TPSA) is 118 Å². The van der Waals surface area contributed by atoms with Crippen LogP contribution < -0.4 is 11.5 Å². The summed E-state index contributed by atoms with van der Waals surface area (Å²) in [4.78, 5) is 17.2. The van der Waals surface area contributed by atoms with Crippen molar-refractivity contribution in [1.82, 2.24) is 0 Å². The second kappa shape index (κ2) is 92.0. The van der Waals surface area contributed by atoms with Crippen molar-refractivity contribution >= 4 is 12.8 Å². The highest BCUT2D eigenvalue weighted by atomic mass is 16.1. The molecule has 0 radical (unpaired) electrons. The Kier molecular flexibility index (Phi) is 221. The van der Waals surface area contributed by atoms with Gasteiger partial charge in [0.25, 0.3) is 0 Å². The van der Waals surface area contributed by atoms with Crippen LogP contribution in [0.25, 0.3) is 0 Å². The number of amides is 2. The first-order valence-electron chi connectivity index (χ1n) is 1.14. The van der Waals surface area contributed by atoms with Gasteiger partial charge in [-0.3, -0.25) is 9.59 Å². The third-order valence-electron chi connectivity index (χ3n) is 0. The Morgan fingerprint density at radius 2 is 1.00 bits per heavy atom. The molecular formula is C2H8N2O3. The van der Waals surface area contributed by atoms with Gasteiger partial charge in [0.1, 0.15) is 0 Å². The summed E-state index contributed by atoms with van der Waals surface area (Å²) in [6.45, 7) is 0. The maximum atomic E-state index is 8.58. The van der Waals surface area contributed by atoms with E-state index in [9.17, 15) is 0 Å². The lowest BCUT2D eigenvalue weighted by molar-refractivity contribution is -0.107. The minimum Gasteiger partial charge on any atom is -0.412 e. The lowest BCUT2D eigenvalue weighted by Gasteiger charge is -1.32. The van der Waals surface area contributed by atoms with E-state index in [0.717, 1.165) is 0 Å². The van der Waals surface area contributed by atoms with Crippen LogP contribution in [-0.4, -0.2) is 18.3 Å². The molecule has 0 saturated carbocycles. The molecule has 7 heavy (non-hydrogen) atoms. The summed E-state index contributed by atoms with van der Waals surface area (Å²) >= 11 is 0. The fraction of sp³-hybridized carbons (Fsp3) is 0. The van der Waals surface area contributed by atoms with Crippen molar-refractivity contribution < 1.29 is 15.1 Å². The molecule has 0 aromatic rings. The van der Waals surface area contributed by atoms with Crippen LogP contribution in [0.1, 0.15) is 0 Å². The lowest BCUT2D eigenvalue weighted by atomic mass is 11.5. The number of carbonyl (C=O) groups is 2. The van der Waals surface area contributed by atoms with Gasteiger partial charge in [-0.1, -0.05) is 0 Å². The third-order valence-corrected chi connectivity index (χ3v) is 0. The smallest absolute Gasteiger partial charge is 0.204 e. The molecule has 5 heteroatoms. The molecule has 0 bridgehead atoms. The van der Waals surface area contributed by atoms with Crippen LogP contribution in [0.5, 0.6) is 0 Å². The fourth-order valence-corrected chi connectivity index (χ4v) is 0. The maximum absolute atomic E-state index is 8.58. The molecule has 0 saturated heterocycles. The maximum Gasteiger partial charge on any atom is 0.204 e. The lowest BCUT2D eigenvalue weighted by Crippen LogP contribution is -1.82. The minimum absolute atomic E-state index is 0. The molecular weight excluding hydrogens is 100 g/mol. The fourth-order valence-electron chi connectivity index (χ4n) is 0. The van der Waals surface area contributed by atoms with Gasteiger partial charge in [-0.15, -0.1) is 0 Å². The molecule has 0 aliphatic carbocycles. The number of hydrogen-bond acceptors (Lipinski definition) is 2. The van der Waals surface area contributed by atoms with E-state index in [-0.39, 0.29) is 18.3 Å². The first-order chi connectivity index (χ1) is 2.83. The van der Waals surface area contributed by atoms with E-state index in [0.29, 0.717) is 0 Å². The second-order valence-corrected chi connectivity index (χ2v) is 0.272. The molecule has 0 aliphatic heterocycles. The van der Waals surface area contributed by atoms with E-state index in [4.69, 9.17) is 9.59 Å². The average Bonchev–Trinajstić information content (AvgIpc) is 1.39. The summed E-state index contributed by atoms with van der Waals surface area (Å²) in [6, 6.07) is 0. The van der Waals surface area contributed by atoms with Crippen molar-refractivity contribution in [2.45, 2.75) is 0 Å². The Labute approximate surface area is 40.6 Å². The van der Waals surface area contributed by atoms with Gasteiger partial charge in [0.2, 0.25) is 12.8 Å². The first-order valence-corrected chi connectivity index (χ1v) is 1.14. The Morgan fingerprint density at radius 3 is 1.00 bits per heavy atom. The zero-order chi connectivity index (χ0) is 5.41. The van der Waals surface area contributed by atoms with Crippen LogP contribution in [-0.2, 0) is 9.59 Å². The molecule has 0 aromatic heterocycles. The van der Waals surface area contributed by atoms with Gasteiger partial charge in [-0.25, -0.2) is 0 Å². The number of carbonyl (C=O) groups excluding carboxylic acids is 2. The number of nitrogens with two attached hydrogens (primary N) is 2. The highest BCUT2D eigenvalue weighted by Gasteiger charge is 1.19. The number of primary amides is 2. The molecule has 5 nitrogen and oxygen atoms in total. The monoisotopic (exact) mass is 108 g/mol. The van der Waals surface area contributed by atoms with E-state index in [1.165, 1.54) is 0 Å². The van der Waals surface area contributed by atoms with Crippen LogP contribution in [0, 0.1) is 0 Å². The summed E-state index contributed by atoms with van der Waals surface area (Å²) in [6.07, 6.45) is 0.500. The Balaban J connectivity index is -0.0000000400. The van der Waals surface area contributed by atoms with Crippen LogP contribution in [0.3, 0.4) is 0 Å². The van der Waals surface area contributed by atoms with E-state index in [1.807, 2.05) is 0 Å². The molecule has 0 fully saturated rings. The van der Waals surface area contributed by atoms with Crippen LogP contribution >= 0.6 is 0 Å². The predicted octanol–water partition coefficient (Wildman–Crippen LogP) is -2.62. The molecule has 44 valence electrons. The van der Waals surface area contributed by atoms with Crippen LogP contribution in [0.15, 0.2) is 0 Å². The third kappa shape index (κ3) is 34.1. The Bertz CT molecular complexity index is 31.9. The van der Waals surface area contributed by atoms with Crippen LogP contribution in [0.4, 0.5) is 0 Å². The number of hydrogen-bond donors (Lipinski definition) is 2. The number of rotatable bonds is 0. The van der Waals surface area contributed by atoms with Crippen LogP contribution in [0.2, 0.25) is 0 Å². The second-order valence-electron chi connectivity index (χ2n) is 0.272. The summed E-state index contributed by atoms with van der Waals surface area (Å²) < 4.78 is 0. The van der Waals surface area contributed by atoms with E-state index >= 15 is 0 Å². The van der Waals surface area contributed by atoms with Crippen molar-refractivity contribution in [2.24, 2.45) is 11.5 Å². The molecule has 0 spiro atoms. The van der Waals surface area contributed by atoms with Crippen molar-refractivity contribution in [3.63, 3.8) is 0 Å². The SMILES string of the molecule is NC=O.NC=O.O. The molecule has 0 unspecified atom stereocenters. The predicted molar refractivity (Wildman–Crippen MR) is 24.1 cm³/mol. The van der Waals surface area contributed by atoms with Gasteiger partial charge in [0.15, 0.2) is 0 Å². The largest absolute Gasteiger partial charge is 0.412 e. The van der Waals surface area contributed by atoms with Gasteiger partial charge >= 0.3 is 0 Å². The van der Waals surface area contributed by atoms with Gasteiger partial charge < -0.3 is 16.9 Å². The standard InChI is InChI=1S/2CH3NO.H2O/c2*2-1-3;/h2*1H,(H2,2,3);1H2. The van der Waals surface area contributed by atoms with Crippen molar-refractivity contribution in [2.75, 3.05) is 0 Å². The quantitative estimate of drug-likeness (QED) is 0.330. The van der Waals surface area contributed by atoms with E-state index in [1.54, 1.807) is 0 Å². The summed E-state index contributed by atoms with van der Waals surface area (Å²) in [7, 11) is 0. The summed E-state index contributed by atoms with van der Waals surface area (Å²) in [5, 5.41) is 0. The molecule has 0 aromatic carbocycles. The molecule has 0 atom stereocenters. The summed E-state index contributed by atoms with van der Waals surface area (Å²) in [5.74, 6) is 0. The minimum atomic E-state index is 0. The molecule has 0 aliphatic rings. The zero-order valence-electron chi connectivity index (χ0n) is 3.63. The summed E-state index contributed by atoms with van der Waals surface area (Å²) in [5.41, 5.74) is 8.33. The van der Waals surface area contributed by atoms with Crippen molar-refractivity contribution in [3.8, 4) is 0 Å². The van der Waals surface area contributed by atoms with Gasteiger partial charge in [0.05, 0.1) is 0 Å². The van der Waals surface area contributed by atoms with E-state index in [2.05, 4.69) is 11.5 Å². The highest BCUT2D eigenvalue weighted by Crippen LogP contribution is 0.801. The van der Waals surface area contributed by atoms with E-state index < -0.39 is 0 Å². The normalized spacial score (nSPS) is 3.43. The molecule has 2 amide bonds. The van der Waals surface area contributed by atoms with Crippen molar-refractivity contribution in [1.29, 1.82) is 0 Å². The molecule has 0 rings (SSSR count). The van der Waals surface area contributed by atoms with Crippen molar-refractivity contribution in [3.05, 3.63) is 0 Å². The van der Waals surface area contributed by atoms with Gasteiger partial charge in [0, 0.05) is 0 Å². The molecule has 6 N–H and O–H groups in total. The van der Waals surface area contributed by atoms with Gasteiger partial charge in [-0.2, -0.15) is 0 Å². The van der Waals surface area contributed by atoms with Gasteiger partial charge in [-0.05, 0) is 0 Å². The Morgan fingerprint density at radius 1 is 1.00 bits per heavy atom. The first kappa shape index (κ1) is 16.8.